The van der Waals surface area contributed by atoms with Crippen LogP contribution in [0.25, 0.3) is 0 Å². The fourth-order valence-corrected chi connectivity index (χ4v) is 15.1. The van der Waals surface area contributed by atoms with E-state index in [9.17, 15) is 74.9 Å². The van der Waals surface area contributed by atoms with Crippen molar-refractivity contribution < 1.29 is 93.0 Å². The average molecular weight is 2020 g/mol. The first-order valence-electron chi connectivity index (χ1n) is 37.5. The minimum Gasteiger partial charge on any atom is -0.398 e. The Balaban J connectivity index is 0.000000171. The number of esters is 2. The number of nitrogens with two attached hydrogens (primary N) is 2. The second-order valence-electron chi connectivity index (χ2n) is 30.0. The fourth-order valence-electron chi connectivity index (χ4n) is 13.3. The normalized spacial score (nSPS) is 13.2. The first kappa shape index (κ1) is 96.8. The SMILES string of the molecule is CC(C)(C)c1ccc(S(=O)(=O)Cl)cc1.Cc1ccc(N)c2c1C(=O)N(c1cccnc1)C2=O.Cc1ccc(NS(=O)(=O)c2ccc(C(C)(C)C)cc2)c2c1C(=O)N(c1cccnc1)C2=O.Cc1ccc([N+](=O)[O-])c2c1C(=O)N(c1cccnc1)C2=O.Cc1cccc2c1C(=O)N(c1cccnc1)C2=O.Cc1cccc2c1C(=O)OC2=O.II.Nc1cccnc1.[V]. The number of pyridine rings is 5. The fraction of sp³-hybridized carbons (Fsp3) is 0.144. The molecule has 5 aromatic heterocycles. The molecule has 0 bridgehead atoms. The number of nitrogens with one attached hydrogen (secondary N) is 1. The van der Waals surface area contributed by atoms with Gasteiger partial charge >= 0.3 is 11.9 Å². The number of halogens is 3. The number of hydrogen-bond donors (Lipinski definition) is 3. The van der Waals surface area contributed by atoms with Gasteiger partial charge in [-0.3, -0.25) is 78.1 Å². The number of hydrogen-bond acceptors (Lipinski definition) is 24. The number of nitrogen functional groups attached to an aromatic ring is 2. The zero-order valence-electron chi connectivity index (χ0n) is 69.1. The Morgan fingerprint density at radius 2 is 0.738 bits per heavy atom. The van der Waals surface area contributed by atoms with Crippen molar-refractivity contribution in [3.8, 4) is 0 Å². The first-order chi connectivity index (χ1) is 59.1. The number of nitro groups is 1. The third-order valence-electron chi connectivity index (χ3n) is 19.5. The zero-order chi connectivity index (χ0) is 91.5. The molecule has 17 rings (SSSR count). The van der Waals surface area contributed by atoms with Gasteiger partial charge in [0.15, 0.2) is 0 Å². The summed E-state index contributed by atoms with van der Waals surface area (Å²) >= 11 is 4.24. The molecule has 1 radical (unpaired) electrons. The largest absolute Gasteiger partial charge is 0.398 e. The van der Waals surface area contributed by atoms with Crippen LogP contribution in [-0.4, -0.2) is 106 Å². The monoisotopic (exact) mass is 2020 g/mol. The summed E-state index contributed by atoms with van der Waals surface area (Å²) < 4.78 is 55.0. The number of nitro benzene ring substituents is 1. The number of ether oxygens (including phenoxy) is 1. The molecule has 8 amide bonds. The number of nitrogens with zero attached hydrogens (tertiary/aromatic N) is 10. The molecule has 5 N–H and O–H groups in total. The number of rotatable bonds is 9. The molecular weight excluding hydrogens is 1940 g/mol. The standard InChI is InChI=1S/C24H23N3O4S.C14H9N3O4.C14H11N3O2.C14H10N2O2.C10H13ClO2S.C9H6O3.C5H6N2.I2.V/c1-15-7-12-19(26-32(30,31)18-10-8-16(9-11-18)24(2,3)4)21-20(15)22(28)27(23(21)29)17-6-5-13-25-14-17;1-8-4-5-10(17(20)21)12-11(8)13(18)16(14(12)19)9-3-2-6-15-7-9;1-8-4-5-10(15)12-11(8)13(18)17(14(12)19)9-3-2-6-16-7-9;1-9-4-2-6-11-12(9)14(18)16(13(11)17)10-5-3-7-15-8-10;1-10(2,3)8-4-6-9(7-5-8)14(11,12)13;1-5-3-2-4-6-7(5)9(11)12-8(6)10;6-5-2-1-3-7-4-5;1-2;/h5-14,26H,1-4H3;2-7H,1H3;2-7H,15H2,1H3;2-8H,1H3;4-7H,1-3H3;2-4H,1H3;1-4H,6H2;;. The van der Waals surface area contributed by atoms with Crippen molar-refractivity contribution in [2.75, 3.05) is 35.8 Å². The minimum atomic E-state index is -3.98. The van der Waals surface area contributed by atoms with Gasteiger partial charge in [-0.2, -0.15) is 0 Å². The Hall–Kier alpha value is -13.0. The van der Waals surface area contributed by atoms with Crippen LogP contribution in [0.4, 0.5) is 45.5 Å². The molecule has 5 aliphatic rings. The van der Waals surface area contributed by atoms with Gasteiger partial charge in [-0.15, -0.1) is 0 Å². The third kappa shape index (κ3) is 21.3. The number of aromatic nitrogens is 5. The second kappa shape index (κ2) is 40.8. The topological polar surface area (TPSA) is 433 Å². The van der Waals surface area contributed by atoms with Crippen LogP contribution in [0.15, 0.2) is 254 Å². The molecule has 30 nitrogen and oxygen atoms in total. The first-order valence-corrected chi connectivity index (χ1v) is 47.6. The van der Waals surface area contributed by atoms with Crippen molar-refractivity contribution in [1.29, 1.82) is 0 Å². The van der Waals surface area contributed by atoms with Crippen molar-refractivity contribution in [1.82, 2.24) is 24.9 Å². The predicted molar refractivity (Wildman–Crippen MR) is 489 cm³/mol. The number of fused-ring (bicyclic) bond motifs is 5. The predicted octanol–water partition coefficient (Wildman–Crippen LogP) is 17.0. The maximum Gasteiger partial charge on any atom is 0.347 e. The molecule has 0 fully saturated rings. The van der Waals surface area contributed by atoms with E-state index in [1.165, 1.54) is 84.5 Å². The summed E-state index contributed by atoms with van der Waals surface area (Å²) in [6.07, 6.45) is 15.3. The van der Waals surface area contributed by atoms with Gasteiger partial charge in [0, 0.05) is 115 Å². The van der Waals surface area contributed by atoms with Crippen LogP contribution in [0, 0.1) is 44.7 Å². The quantitative estimate of drug-likeness (QED) is 0.0177. The molecular formula is C90H78ClI2N13O17S2V. The summed E-state index contributed by atoms with van der Waals surface area (Å²) in [7, 11) is -2.37. The molecule has 36 heteroatoms. The maximum atomic E-state index is 13.2. The summed E-state index contributed by atoms with van der Waals surface area (Å²) in [5.74, 6) is -4.75. The molecule has 126 heavy (non-hydrogen) atoms. The number of amides is 8. The molecule has 0 saturated heterocycles. The van der Waals surface area contributed by atoms with Crippen LogP contribution >= 0.6 is 47.9 Å². The molecule has 0 spiro atoms. The van der Waals surface area contributed by atoms with Crippen LogP contribution in [0.5, 0.6) is 0 Å². The van der Waals surface area contributed by atoms with Crippen LogP contribution in [-0.2, 0) is 53.2 Å². The van der Waals surface area contributed by atoms with Crippen LogP contribution in [0.1, 0.15) is 184 Å². The summed E-state index contributed by atoms with van der Waals surface area (Å²) in [5, 5.41) is 11.1. The molecule has 12 aromatic rings. The van der Waals surface area contributed by atoms with Gasteiger partial charge < -0.3 is 16.2 Å². The van der Waals surface area contributed by atoms with E-state index >= 15 is 0 Å². The summed E-state index contributed by atoms with van der Waals surface area (Å²) in [6, 6.07) is 49.6. The van der Waals surface area contributed by atoms with E-state index in [2.05, 4.69) is 92.4 Å². The number of benzene rings is 7. The summed E-state index contributed by atoms with van der Waals surface area (Å²) in [6.45, 7) is 21.1. The maximum absolute atomic E-state index is 13.2. The minimum absolute atomic E-state index is 0. The average Bonchev–Trinajstić information content (AvgIpc) is 1.61. The Morgan fingerprint density at radius 1 is 0.389 bits per heavy atom. The molecule has 7 aromatic carbocycles. The zero-order valence-corrected chi connectivity index (χ0v) is 77.2. The molecule has 0 aliphatic carbocycles. The summed E-state index contributed by atoms with van der Waals surface area (Å²) in [5.41, 5.74) is 21.4. The van der Waals surface area contributed by atoms with Crippen LogP contribution in [0.3, 0.4) is 0 Å². The van der Waals surface area contributed by atoms with E-state index in [1.54, 1.807) is 186 Å². The van der Waals surface area contributed by atoms with Crippen molar-refractivity contribution in [3.05, 3.63) is 349 Å². The van der Waals surface area contributed by atoms with E-state index in [1.807, 2.05) is 33.8 Å². The summed E-state index contributed by atoms with van der Waals surface area (Å²) in [4.78, 5) is 157. The van der Waals surface area contributed by atoms with E-state index in [-0.39, 0.29) is 102 Å². The molecule has 643 valence electrons. The van der Waals surface area contributed by atoms with Crippen molar-refractivity contribution in [2.24, 2.45) is 0 Å². The Bertz CT molecular complexity index is 6470. The Kier molecular flexibility index (Phi) is 31.3. The number of aryl methyl sites for hydroxylation is 5. The van der Waals surface area contributed by atoms with Gasteiger partial charge in [-0.1, -0.05) is 108 Å². The van der Waals surface area contributed by atoms with Gasteiger partial charge in [0.05, 0.1) is 124 Å². The van der Waals surface area contributed by atoms with Crippen molar-refractivity contribution in [3.63, 3.8) is 0 Å². The van der Waals surface area contributed by atoms with E-state index in [0.717, 1.165) is 42.5 Å². The third-order valence-corrected chi connectivity index (χ3v) is 22.3. The molecule has 0 saturated carbocycles. The van der Waals surface area contributed by atoms with Gasteiger partial charge in [-0.25, -0.2) is 46.0 Å². The van der Waals surface area contributed by atoms with Gasteiger partial charge in [0.1, 0.15) is 5.56 Å². The number of carbonyl (C=O) groups is 10. The Labute approximate surface area is 764 Å². The smallest absolute Gasteiger partial charge is 0.347 e. The number of carbonyl (C=O) groups excluding carboxylic acids is 10. The van der Waals surface area contributed by atoms with Crippen LogP contribution in [0.2, 0.25) is 0 Å². The number of anilines is 7. The van der Waals surface area contributed by atoms with Gasteiger partial charge in [0.2, 0.25) is 0 Å². The van der Waals surface area contributed by atoms with Gasteiger partial charge in [-0.05, 0) is 194 Å². The van der Waals surface area contributed by atoms with Gasteiger partial charge in [0.25, 0.3) is 72.0 Å². The second-order valence-corrected chi connectivity index (χ2v) is 34.2. The number of sulfonamides is 1. The molecule has 0 unspecified atom stereocenters. The molecule has 5 aliphatic heterocycles. The number of imide groups is 4. The number of cyclic esters (lactones) is 2. The Morgan fingerprint density at radius 3 is 1.11 bits per heavy atom. The van der Waals surface area contributed by atoms with E-state index in [0.29, 0.717) is 67.4 Å². The van der Waals surface area contributed by atoms with Crippen LogP contribution < -0.4 is 35.8 Å². The van der Waals surface area contributed by atoms with E-state index in [4.69, 9.17) is 22.1 Å². The van der Waals surface area contributed by atoms with Crippen molar-refractivity contribution in [2.45, 2.75) is 96.8 Å². The molecule has 0 atom stereocenters. The molecule has 10 heterocycles. The van der Waals surface area contributed by atoms with Crippen molar-refractivity contribution >= 4 is 172 Å². The van der Waals surface area contributed by atoms with E-state index < -0.39 is 65.5 Å².